The molecule has 2 atom stereocenters. The Labute approximate surface area is 167 Å². The lowest BCUT2D eigenvalue weighted by molar-refractivity contribution is -0.146. The Hall–Kier alpha value is -1.53. The Morgan fingerprint density at radius 1 is 1.19 bits per heavy atom. The molecule has 2 aliphatic heterocycles. The van der Waals surface area contributed by atoms with Crippen LogP contribution >= 0.6 is 11.8 Å². The summed E-state index contributed by atoms with van der Waals surface area (Å²) in [5, 5.41) is -0.0705. The number of likely N-dealkylation sites (N-methyl/N-ethyl adjacent to an activating group) is 1. The summed E-state index contributed by atoms with van der Waals surface area (Å²) >= 11 is 1.64. The van der Waals surface area contributed by atoms with Crippen molar-refractivity contribution in [3.8, 4) is 0 Å². The highest BCUT2D eigenvalue weighted by atomic mass is 32.2. The highest BCUT2D eigenvalue weighted by Crippen LogP contribution is 2.42. The molecular formula is C21H31N3O2S. The van der Waals surface area contributed by atoms with Crippen LogP contribution < -0.4 is 0 Å². The first-order valence-electron chi connectivity index (χ1n) is 9.84. The molecule has 0 spiro atoms. The molecule has 2 saturated heterocycles. The number of carbonyl (C=O) groups is 2. The van der Waals surface area contributed by atoms with Gasteiger partial charge < -0.3 is 14.7 Å². The Morgan fingerprint density at radius 3 is 2.48 bits per heavy atom. The maximum atomic E-state index is 13.4. The van der Waals surface area contributed by atoms with Crippen LogP contribution in [0, 0.1) is 12.8 Å². The fraction of sp³-hybridized carbons (Fsp3) is 0.619. The van der Waals surface area contributed by atoms with Gasteiger partial charge in [-0.1, -0.05) is 38.1 Å². The second-order valence-corrected chi connectivity index (χ2v) is 9.16. The van der Waals surface area contributed by atoms with E-state index in [4.69, 9.17) is 0 Å². The van der Waals surface area contributed by atoms with Crippen molar-refractivity contribution in [1.82, 2.24) is 14.7 Å². The monoisotopic (exact) mass is 389 g/mol. The van der Waals surface area contributed by atoms with Crippen LogP contribution in [0.4, 0.5) is 0 Å². The molecule has 6 heteroatoms. The molecule has 0 radical (unpaired) electrons. The first kappa shape index (κ1) is 20.2. The van der Waals surface area contributed by atoms with E-state index in [0.29, 0.717) is 18.1 Å². The molecular weight excluding hydrogens is 358 g/mol. The lowest BCUT2D eigenvalue weighted by Gasteiger charge is -2.39. The Morgan fingerprint density at radius 2 is 1.85 bits per heavy atom. The molecule has 1 aromatic rings. The lowest BCUT2D eigenvalue weighted by atomic mass is 9.99. The molecule has 2 aliphatic rings. The fourth-order valence-electron chi connectivity index (χ4n) is 3.89. The van der Waals surface area contributed by atoms with E-state index in [1.807, 2.05) is 21.9 Å². The van der Waals surface area contributed by atoms with Gasteiger partial charge in [-0.25, -0.2) is 0 Å². The zero-order chi connectivity index (χ0) is 19.6. The summed E-state index contributed by atoms with van der Waals surface area (Å²) in [5.41, 5.74) is 2.32. The predicted molar refractivity (Wildman–Crippen MR) is 111 cm³/mol. The number of hydrogen-bond donors (Lipinski definition) is 0. The number of piperazine rings is 1. The molecule has 1 aromatic carbocycles. The van der Waals surface area contributed by atoms with Gasteiger partial charge in [-0.15, -0.1) is 11.8 Å². The Bertz CT molecular complexity index is 686. The highest BCUT2D eigenvalue weighted by molar-refractivity contribution is 8.00. The molecule has 0 aliphatic carbocycles. The van der Waals surface area contributed by atoms with Gasteiger partial charge in [0.05, 0.1) is 5.75 Å². The number of aryl methyl sites for hydroxylation is 1. The van der Waals surface area contributed by atoms with Crippen molar-refractivity contribution in [3.05, 3.63) is 35.4 Å². The van der Waals surface area contributed by atoms with Crippen molar-refractivity contribution < 1.29 is 9.59 Å². The smallest absolute Gasteiger partial charge is 0.245 e. The standard InChI is InChI=1S/C21H31N3O2S/c1-15(2)13-18(20(26)23-11-9-22(4)10-12-23)24-19(25)14-27-21(24)17-8-6-5-7-16(17)3/h5-8,15,18,21H,9-14H2,1-4H3/t18-,21-/m1/s1. The zero-order valence-electron chi connectivity index (χ0n) is 16.9. The van der Waals surface area contributed by atoms with Gasteiger partial charge in [-0.2, -0.15) is 0 Å². The number of amides is 2. The molecule has 3 rings (SSSR count). The molecule has 148 valence electrons. The quantitative estimate of drug-likeness (QED) is 0.777. The van der Waals surface area contributed by atoms with E-state index in [0.717, 1.165) is 31.7 Å². The molecule has 5 nitrogen and oxygen atoms in total. The molecule has 0 unspecified atom stereocenters. The van der Waals surface area contributed by atoms with E-state index < -0.39 is 0 Å². The topological polar surface area (TPSA) is 43.9 Å². The van der Waals surface area contributed by atoms with Crippen molar-refractivity contribution in [2.24, 2.45) is 5.92 Å². The first-order chi connectivity index (χ1) is 12.9. The summed E-state index contributed by atoms with van der Waals surface area (Å²) in [5.74, 6) is 0.999. The molecule has 27 heavy (non-hydrogen) atoms. The van der Waals surface area contributed by atoms with Crippen molar-refractivity contribution >= 4 is 23.6 Å². The van der Waals surface area contributed by atoms with E-state index in [-0.39, 0.29) is 23.2 Å². The van der Waals surface area contributed by atoms with Gasteiger partial charge in [0.1, 0.15) is 11.4 Å². The summed E-state index contributed by atoms with van der Waals surface area (Å²) in [6, 6.07) is 7.83. The van der Waals surface area contributed by atoms with Crippen LogP contribution in [0.5, 0.6) is 0 Å². The minimum Gasteiger partial charge on any atom is -0.338 e. The van der Waals surface area contributed by atoms with Gasteiger partial charge in [-0.05, 0) is 37.4 Å². The van der Waals surface area contributed by atoms with Crippen molar-refractivity contribution in [1.29, 1.82) is 0 Å². The highest BCUT2D eigenvalue weighted by Gasteiger charge is 2.43. The number of hydrogen-bond acceptors (Lipinski definition) is 4. The van der Waals surface area contributed by atoms with Crippen LogP contribution in [0.2, 0.25) is 0 Å². The number of thioether (sulfide) groups is 1. The number of benzene rings is 1. The van der Waals surface area contributed by atoms with Crippen LogP contribution in [0.1, 0.15) is 36.8 Å². The largest absolute Gasteiger partial charge is 0.338 e. The summed E-state index contributed by atoms with van der Waals surface area (Å²) in [6.07, 6.45) is 0.708. The number of carbonyl (C=O) groups excluding carboxylic acids is 2. The number of rotatable bonds is 5. The van der Waals surface area contributed by atoms with E-state index >= 15 is 0 Å². The summed E-state index contributed by atoms with van der Waals surface area (Å²) in [4.78, 5) is 32.4. The van der Waals surface area contributed by atoms with Gasteiger partial charge in [0.2, 0.25) is 11.8 Å². The third-order valence-electron chi connectivity index (χ3n) is 5.49. The SMILES string of the molecule is Cc1ccccc1[C@H]1SCC(=O)N1[C@H](CC(C)C)C(=O)N1CCN(C)CC1. The fourth-order valence-corrected chi connectivity index (χ4v) is 5.21. The number of nitrogens with zero attached hydrogens (tertiary/aromatic N) is 3. The summed E-state index contributed by atoms with van der Waals surface area (Å²) in [6.45, 7) is 9.61. The average molecular weight is 390 g/mol. The zero-order valence-corrected chi connectivity index (χ0v) is 17.7. The first-order valence-corrected chi connectivity index (χ1v) is 10.9. The average Bonchev–Trinajstić information content (AvgIpc) is 3.01. The van der Waals surface area contributed by atoms with Gasteiger partial charge in [0.15, 0.2) is 0 Å². The van der Waals surface area contributed by atoms with Crippen LogP contribution in [0.3, 0.4) is 0 Å². The molecule has 2 fully saturated rings. The van der Waals surface area contributed by atoms with Gasteiger partial charge in [-0.3, -0.25) is 9.59 Å². The maximum Gasteiger partial charge on any atom is 0.245 e. The van der Waals surface area contributed by atoms with E-state index in [1.165, 1.54) is 5.56 Å². The molecule has 2 heterocycles. The minimum atomic E-state index is -0.375. The third kappa shape index (κ3) is 4.49. The van der Waals surface area contributed by atoms with Crippen molar-refractivity contribution in [2.45, 2.75) is 38.6 Å². The second kappa shape index (κ2) is 8.65. The molecule has 2 amide bonds. The van der Waals surface area contributed by atoms with Crippen molar-refractivity contribution in [2.75, 3.05) is 39.0 Å². The van der Waals surface area contributed by atoms with E-state index in [9.17, 15) is 9.59 Å². The van der Waals surface area contributed by atoms with Gasteiger partial charge >= 0.3 is 0 Å². The van der Waals surface area contributed by atoms with Gasteiger partial charge in [0.25, 0.3) is 0 Å². The lowest BCUT2D eigenvalue weighted by Crippen LogP contribution is -2.55. The Kier molecular flexibility index (Phi) is 6.48. The third-order valence-corrected chi connectivity index (χ3v) is 6.70. The summed E-state index contributed by atoms with van der Waals surface area (Å²) < 4.78 is 0. The molecule has 0 aromatic heterocycles. The minimum absolute atomic E-state index is 0.0705. The molecule has 0 N–H and O–H groups in total. The predicted octanol–water partition coefficient (Wildman–Crippen LogP) is 2.76. The summed E-state index contributed by atoms with van der Waals surface area (Å²) in [7, 11) is 2.09. The normalized spacial score (nSPS) is 22.6. The van der Waals surface area contributed by atoms with E-state index in [2.05, 4.69) is 44.9 Å². The van der Waals surface area contributed by atoms with Crippen LogP contribution in [0.25, 0.3) is 0 Å². The van der Waals surface area contributed by atoms with Gasteiger partial charge in [0, 0.05) is 26.2 Å². The van der Waals surface area contributed by atoms with Crippen molar-refractivity contribution in [3.63, 3.8) is 0 Å². The molecule has 0 saturated carbocycles. The van der Waals surface area contributed by atoms with Crippen LogP contribution in [-0.2, 0) is 9.59 Å². The van der Waals surface area contributed by atoms with Crippen LogP contribution in [-0.4, -0.2) is 71.5 Å². The Balaban J connectivity index is 1.89. The van der Waals surface area contributed by atoms with Crippen LogP contribution in [0.15, 0.2) is 24.3 Å². The second-order valence-electron chi connectivity index (χ2n) is 8.09. The maximum absolute atomic E-state index is 13.4. The molecule has 0 bridgehead atoms. The van der Waals surface area contributed by atoms with E-state index in [1.54, 1.807) is 11.8 Å².